The highest BCUT2D eigenvalue weighted by Gasteiger charge is 2.19. The molecule has 2 rings (SSSR count). The molecule has 128 valence electrons. The van der Waals surface area contributed by atoms with Crippen LogP contribution >= 0.6 is 0 Å². The van der Waals surface area contributed by atoms with Crippen molar-refractivity contribution in [3.63, 3.8) is 0 Å². The molecule has 0 bridgehead atoms. The molecule has 1 amide bonds. The second-order valence-electron chi connectivity index (χ2n) is 5.82. The molecule has 2 aromatic rings. The van der Waals surface area contributed by atoms with Crippen LogP contribution in [0.25, 0.3) is 0 Å². The Labute approximate surface area is 141 Å². The topological polar surface area (TPSA) is 49.8 Å². The SMILES string of the molecule is Cc1ccc(F)c(C(=O)N(C)CC(O)COCc2ccccc2)c1. The lowest BCUT2D eigenvalue weighted by Gasteiger charge is -2.21. The maximum Gasteiger partial charge on any atom is 0.256 e. The molecule has 1 N–H and O–H groups in total. The summed E-state index contributed by atoms with van der Waals surface area (Å²) >= 11 is 0. The van der Waals surface area contributed by atoms with Crippen LogP contribution in [0, 0.1) is 12.7 Å². The van der Waals surface area contributed by atoms with Crippen LogP contribution in [0.15, 0.2) is 48.5 Å². The molecule has 1 atom stereocenters. The minimum atomic E-state index is -0.837. The van der Waals surface area contributed by atoms with Gasteiger partial charge in [-0.25, -0.2) is 4.39 Å². The Morgan fingerprint density at radius 3 is 2.67 bits per heavy atom. The van der Waals surface area contributed by atoms with Crippen molar-refractivity contribution in [2.24, 2.45) is 0 Å². The Hall–Kier alpha value is -2.24. The summed E-state index contributed by atoms with van der Waals surface area (Å²) in [6, 6.07) is 14.0. The van der Waals surface area contributed by atoms with Gasteiger partial charge in [0.15, 0.2) is 0 Å². The lowest BCUT2D eigenvalue weighted by molar-refractivity contribution is 0.0136. The van der Waals surface area contributed by atoms with E-state index in [0.29, 0.717) is 6.61 Å². The van der Waals surface area contributed by atoms with Gasteiger partial charge in [-0.3, -0.25) is 4.79 Å². The van der Waals surface area contributed by atoms with Gasteiger partial charge in [-0.05, 0) is 24.6 Å². The number of carbonyl (C=O) groups is 1. The van der Waals surface area contributed by atoms with E-state index in [1.807, 2.05) is 30.3 Å². The first-order valence-electron chi connectivity index (χ1n) is 7.78. The Morgan fingerprint density at radius 1 is 1.25 bits per heavy atom. The van der Waals surface area contributed by atoms with Crippen molar-refractivity contribution in [3.05, 3.63) is 71.0 Å². The highest BCUT2D eigenvalue weighted by molar-refractivity contribution is 5.94. The van der Waals surface area contributed by atoms with Gasteiger partial charge in [0.2, 0.25) is 0 Å². The summed E-state index contributed by atoms with van der Waals surface area (Å²) in [5.74, 6) is -1.02. The van der Waals surface area contributed by atoms with Crippen molar-refractivity contribution in [1.82, 2.24) is 4.90 Å². The molecule has 0 heterocycles. The van der Waals surface area contributed by atoms with Crippen molar-refractivity contribution in [2.75, 3.05) is 20.2 Å². The first-order valence-corrected chi connectivity index (χ1v) is 7.78. The molecule has 24 heavy (non-hydrogen) atoms. The van der Waals surface area contributed by atoms with Gasteiger partial charge < -0.3 is 14.7 Å². The molecule has 0 saturated carbocycles. The zero-order chi connectivity index (χ0) is 17.5. The van der Waals surface area contributed by atoms with Crippen molar-refractivity contribution < 1.29 is 19.0 Å². The predicted molar refractivity (Wildman–Crippen MR) is 90.2 cm³/mol. The van der Waals surface area contributed by atoms with E-state index in [1.54, 1.807) is 13.0 Å². The number of halogens is 1. The van der Waals surface area contributed by atoms with Crippen LogP contribution < -0.4 is 0 Å². The predicted octanol–water partition coefficient (Wildman–Crippen LogP) is 2.78. The molecule has 0 saturated heterocycles. The van der Waals surface area contributed by atoms with E-state index in [9.17, 15) is 14.3 Å². The number of benzene rings is 2. The summed E-state index contributed by atoms with van der Waals surface area (Å²) < 4.78 is 19.2. The minimum Gasteiger partial charge on any atom is -0.389 e. The molecule has 0 aliphatic carbocycles. The first-order chi connectivity index (χ1) is 11.5. The molecule has 0 aliphatic heterocycles. The third-order valence-electron chi connectivity index (χ3n) is 3.61. The summed E-state index contributed by atoms with van der Waals surface area (Å²) in [5, 5.41) is 10.0. The molecular weight excluding hydrogens is 309 g/mol. The highest BCUT2D eigenvalue weighted by atomic mass is 19.1. The van der Waals surface area contributed by atoms with Gasteiger partial charge in [-0.2, -0.15) is 0 Å². The van der Waals surface area contributed by atoms with E-state index in [4.69, 9.17) is 4.74 Å². The van der Waals surface area contributed by atoms with Gasteiger partial charge in [-0.1, -0.05) is 42.0 Å². The van der Waals surface area contributed by atoms with Crippen LogP contribution in [0.5, 0.6) is 0 Å². The van der Waals surface area contributed by atoms with E-state index in [2.05, 4.69) is 0 Å². The fourth-order valence-electron chi connectivity index (χ4n) is 2.35. The summed E-state index contributed by atoms with van der Waals surface area (Å²) in [6.45, 7) is 2.36. The quantitative estimate of drug-likeness (QED) is 0.849. The summed E-state index contributed by atoms with van der Waals surface area (Å²) in [6.07, 6.45) is -0.837. The van der Waals surface area contributed by atoms with E-state index in [1.165, 1.54) is 24.1 Å². The number of nitrogens with zero attached hydrogens (tertiary/aromatic N) is 1. The van der Waals surface area contributed by atoms with Crippen molar-refractivity contribution in [3.8, 4) is 0 Å². The fourth-order valence-corrected chi connectivity index (χ4v) is 2.35. The number of hydrogen-bond acceptors (Lipinski definition) is 3. The third kappa shape index (κ3) is 5.15. The number of hydrogen-bond donors (Lipinski definition) is 1. The second kappa shape index (κ2) is 8.57. The monoisotopic (exact) mass is 331 g/mol. The average molecular weight is 331 g/mol. The van der Waals surface area contributed by atoms with Gasteiger partial charge in [0, 0.05) is 13.6 Å². The lowest BCUT2D eigenvalue weighted by Crippen LogP contribution is -2.36. The van der Waals surface area contributed by atoms with E-state index < -0.39 is 17.8 Å². The van der Waals surface area contributed by atoms with Gasteiger partial charge >= 0.3 is 0 Å². The number of carbonyl (C=O) groups excluding carboxylic acids is 1. The molecule has 1 unspecified atom stereocenters. The van der Waals surface area contributed by atoms with E-state index >= 15 is 0 Å². The number of aliphatic hydroxyl groups excluding tert-OH is 1. The molecule has 0 fully saturated rings. The smallest absolute Gasteiger partial charge is 0.256 e. The lowest BCUT2D eigenvalue weighted by atomic mass is 10.1. The number of ether oxygens (including phenoxy) is 1. The Bertz CT molecular complexity index is 676. The zero-order valence-electron chi connectivity index (χ0n) is 13.9. The van der Waals surface area contributed by atoms with Crippen molar-refractivity contribution in [1.29, 1.82) is 0 Å². The Morgan fingerprint density at radius 2 is 1.96 bits per heavy atom. The highest BCUT2D eigenvalue weighted by Crippen LogP contribution is 2.12. The molecule has 0 aromatic heterocycles. The van der Waals surface area contributed by atoms with Crippen LogP contribution in [0.2, 0.25) is 0 Å². The summed E-state index contributed by atoms with van der Waals surface area (Å²) in [5.41, 5.74) is 1.82. The first kappa shape index (κ1) is 18.1. The number of amides is 1. The molecule has 4 nitrogen and oxygen atoms in total. The van der Waals surface area contributed by atoms with Gasteiger partial charge in [0.05, 0.1) is 24.9 Å². The number of aliphatic hydroxyl groups is 1. The van der Waals surface area contributed by atoms with Crippen LogP contribution in [0.3, 0.4) is 0 Å². The fraction of sp³-hybridized carbons (Fsp3) is 0.316. The van der Waals surface area contributed by atoms with Crippen molar-refractivity contribution in [2.45, 2.75) is 19.6 Å². The minimum absolute atomic E-state index is 0.00917. The molecular formula is C19H22FNO3. The van der Waals surface area contributed by atoms with Crippen LogP contribution in [0.4, 0.5) is 4.39 Å². The van der Waals surface area contributed by atoms with E-state index in [-0.39, 0.29) is 18.7 Å². The van der Waals surface area contributed by atoms with Gasteiger partial charge in [0.25, 0.3) is 5.91 Å². The second-order valence-corrected chi connectivity index (χ2v) is 5.82. The number of likely N-dealkylation sites (N-methyl/N-ethyl adjacent to an activating group) is 1. The molecule has 0 radical (unpaired) electrons. The summed E-state index contributed by atoms with van der Waals surface area (Å²) in [4.78, 5) is 13.6. The normalized spacial score (nSPS) is 12.0. The van der Waals surface area contributed by atoms with E-state index in [0.717, 1.165) is 11.1 Å². The van der Waals surface area contributed by atoms with Crippen LogP contribution in [-0.4, -0.2) is 42.2 Å². The van der Waals surface area contributed by atoms with Crippen LogP contribution in [-0.2, 0) is 11.3 Å². The Balaban J connectivity index is 1.83. The van der Waals surface area contributed by atoms with Gasteiger partial charge in [0.1, 0.15) is 5.82 Å². The number of rotatable bonds is 7. The van der Waals surface area contributed by atoms with Crippen LogP contribution in [0.1, 0.15) is 21.5 Å². The van der Waals surface area contributed by atoms with Gasteiger partial charge in [-0.15, -0.1) is 0 Å². The molecule has 0 aliphatic rings. The number of aryl methyl sites for hydroxylation is 1. The standard InChI is InChI=1S/C19H22FNO3/c1-14-8-9-18(20)17(10-14)19(23)21(2)11-16(22)13-24-12-15-6-4-3-5-7-15/h3-10,16,22H,11-13H2,1-2H3. The average Bonchev–Trinajstić information content (AvgIpc) is 2.57. The largest absolute Gasteiger partial charge is 0.389 e. The Kier molecular flexibility index (Phi) is 6.46. The third-order valence-corrected chi connectivity index (χ3v) is 3.61. The van der Waals surface area contributed by atoms with Crippen molar-refractivity contribution >= 4 is 5.91 Å². The molecule has 5 heteroatoms. The summed E-state index contributed by atoms with van der Waals surface area (Å²) in [7, 11) is 1.53. The molecule has 0 spiro atoms. The maximum atomic E-state index is 13.8. The zero-order valence-corrected chi connectivity index (χ0v) is 13.9. The molecule has 2 aromatic carbocycles. The maximum absolute atomic E-state index is 13.8.